The molecule has 104 valence electrons. The SMILES string of the molecule is CCCNc1nnc(CN(C)c2ccc(C#N)cc2)s1. The minimum Gasteiger partial charge on any atom is -0.368 e. The van der Waals surface area contributed by atoms with Crippen LogP contribution >= 0.6 is 11.3 Å². The van der Waals surface area contributed by atoms with Crippen molar-refractivity contribution in [3.63, 3.8) is 0 Å². The molecule has 1 aromatic heterocycles. The predicted octanol–water partition coefficient (Wildman–Crippen LogP) is 2.87. The van der Waals surface area contributed by atoms with Gasteiger partial charge in [-0.25, -0.2) is 0 Å². The van der Waals surface area contributed by atoms with E-state index in [1.54, 1.807) is 11.3 Å². The molecule has 0 fully saturated rings. The molecule has 1 aromatic carbocycles. The topological polar surface area (TPSA) is 64.8 Å². The fourth-order valence-corrected chi connectivity index (χ4v) is 2.52. The number of nitrogens with zero attached hydrogens (tertiary/aromatic N) is 4. The van der Waals surface area contributed by atoms with Gasteiger partial charge in [-0.1, -0.05) is 18.3 Å². The highest BCUT2D eigenvalue weighted by atomic mass is 32.1. The monoisotopic (exact) mass is 287 g/mol. The summed E-state index contributed by atoms with van der Waals surface area (Å²) in [7, 11) is 2.00. The fourth-order valence-electron chi connectivity index (χ4n) is 1.71. The maximum Gasteiger partial charge on any atom is 0.205 e. The Bertz CT molecular complexity index is 584. The zero-order valence-electron chi connectivity index (χ0n) is 11.6. The Hall–Kier alpha value is -2.13. The Labute approximate surface area is 122 Å². The minimum absolute atomic E-state index is 0.670. The summed E-state index contributed by atoms with van der Waals surface area (Å²) in [6, 6.07) is 9.64. The van der Waals surface area contributed by atoms with Gasteiger partial charge in [-0.15, -0.1) is 10.2 Å². The maximum absolute atomic E-state index is 8.79. The highest BCUT2D eigenvalue weighted by molar-refractivity contribution is 7.15. The molecule has 0 aliphatic carbocycles. The zero-order valence-corrected chi connectivity index (χ0v) is 12.4. The first-order valence-corrected chi connectivity index (χ1v) is 7.32. The van der Waals surface area contributed by atoms with Crippen molar-refractivity contribution >= 4 is 22.2 Å². The van der Waals surface area contributed by atoms with Crippen LogP contribution in [0.25, 0.3) is 0 Å². The average molecular weight is 287 g/mol. The number of rotatable bonds is 6. The molecule has 2 rings (SSSR count). The van der Waals surface area contributed by atoms with Crippen LogP contribution < -0.4 is 10.2 Å². The van der Waals surface area contributed by atoms with Crippen LogP contribution in [0.1, 0.15) is 23.9 Å². The van der Waals surface area contributed by atoms with E-state index in [1.165, 1.54) is 0 Å². The fraction of sp³-hybridized carbons (Fsp3) is 0.357. The second-order valence-corrected chi connectivity index (χ2v) is 5.50. The van der Waals surface area contributed by atoms with Crippen LogP contribution in [-0.4, -0.2) is 23.8 Å². The number of benzene rings is 1. The minimum atomic E-state index is 0.670. The van der Waals surface area contributed by atoms with Gasteiger partial charge < -0.3 is 10.2 Å². The largest absolute Gasteiger partial charge is 0.368 e. The third-order valence-electron chi connectivity index (χ3n) is 2.80. The first-order chi connectivity index (χ1) is 9.72. The van der Waals surface area contributed by atoms with Gasteiger partial charge >= 0.3 is 0 Å². The molecule has 1 N–H and O–H groups in total. The van der Waals surface area contributed by atoms with Crippen molar-refractivity contribution in [3.05, 3.63) is 34.8 Å². The number of nitriles is 1. The van der Waals surface area contributed by atoms with Crippen LogP contribution in [0.2, 0.25) is 0 Å². The van der Waals surface area contributed by atoms with E-state index < -0.39 is 0 Å². The van der Waals surface area contributed by atoms with Gasteiger partial charge in [0.2, 0.25) is 5.13 Å². The van der Waals surface area contributed by atoms with Crippen LogP contribution in [0.5, 0.6) is 0 Å². The lowest BCUT2D eigenvalue weighted by molar-refractivity contribution is 0.878. The molecule has 0 aliphatic heterocycles. The zero-order chi connectivity index (χ0) is 14.4. The van der Waals surface area contributed by atoms with Gasteiger partial charge in [-0.2, -0.15) is 5.26 Å². The highest BCUT2D eigenvalue weighted by Gasteiger charge is 2.07. The van der Waals surface area contributed by atoms with Crippen molar-refractivity contribution in [1.29, 1.82) is 5.26 Å². The molecule has 2 aromatic rings. The second-order valence-electron chi connectivity index (χ2n) is 4.44. The molecule has 0 spiro atoms. The third-order valence-corrected chi connectivity index (χ3v) is 3.67. The quantitative estimate of drug-likeness (QED) is 0.885. The molecule has 0 saturated carbocycles. The van der Waals surface area contributed by atoms with Gasteiger partial charge in [-0.3, -0.25) is 0 Å². The van der Waals surface area contributed by atoms with Gasteiger partial charge in [0.1, 0.15) is 5.01 Å². The number of nitrogens with one attached hydrogen (secondary N) is 1. The summed E-state index contributed by atoms with van der Waals surface area (Å²) in [5.74, 6) is 0. The van der Waals surface area contributed by atoms with E-state index in [9.17, 15) is 0 Å². The van der Waals surface area contributed by atoms with Crippen molar-refractivity contribution < 1.29 is 0 Å². The number of anilines is 2. The van der Waals surface area contributed by atoms with Gasteiger partial charge in [0.15, 0.2) is 0 Å². The van der Waals surface area contributed by atoms with Crippen LogP contribution in [0.3, 0.4) is 0 Å². The predicted molar refractivity (Wildman–Crippen MR) is 82.0 cm³/mol. The average Bonchev–Trinajstić information content (AvgIpc) is 2.92. The lowest BCUT2D eigenvalue weighted by atomic mass is 10.2. The molecule has 6 heteroatoms. The van der Waals surface area contributed by atoms with Crippen molar-refractivity contribution in [1.82, 2.24) is 10.2 Å². The number of hydrogen-bond donors (Lipinski definition) is 1. The molecule has 20 heavy (non-hydrogen) atoms. The molecule has 5 nitrogen and oxygen atoms in total. The number of hydrogen-bond acceptors (Lipinski definition) is 6. The normalized spacial score (nSPS) is 10.1. The summed E-state index contributed by atoms with van der Waals surface area (Å²) in [5, 5.41) is 22.2. The molecule has 0 unspecified atom stereocenters. The molecule has 0 atom stereocenters. The standard InChI is InChI=1S/C14H17N5S/c1-3-8-16-14-18-17-13(20-14)10-19(2)12-6-4-11(9-15)5-7-12/h4-7H,3,8,10H2,1-2H3,(H,16,18). The van der Waals surface area contributed by atoms with Crippen molar-refractivity contribution in [2.24, 2.45) is 0 Å². The Morgan fingerprint density at radius 1 is 1.30 bits per heavy atom. The second kappa shape index (κ2) is 6.87. The lowest BCUT2D eigenvalue weighted by Crippen LogP contribution is -2.16. The molecular formula is C14H17N5S. The molecule has 1 heterocycles. The third kappa shape index (κ3) is 3.68. The van der Waals surface area contributed by atoms with Crippen molar-refractivity contribution in [2.45, 2.75) is 19.9 Å². The van der Waals surface area contributed by atoms with E-state index in [0.717, 1.165) is 28.8 Å². The van der Waals surface area contributed by atoms with E-state index in [0.29, 0.717) is 12.1 Å². The first kappa shape index (κ1) is 14.3. The van der Waals surface area contributed by atoms with Crippen LogP contribution in [-0.2, 0) is 6.54 Å². The van der Waals surface area contributed by atoms with Gasteiger partial charge in [-0.05, 0) is 30.7 Å². The summed E-state index contributed by atoms with van der Waals surface area (Å²) < 4.78 is 0. The van der Waals surface area contributed by atoms with E-state index in [-0.39, 0.29) is 0 Å². The highest BCUT2D eigenvalue weighted by Crippen LogP contribution is 2.20. The van der Waals surface area contributed by atoms with E-state index in [4.69, 9.17) is 5.26 Å². The van der Waals surface area contributed by atoms with Gasteiger partial charge in [0.05, 0.1) is 18.2 Å². The summed E-state index contributed by atoms with van der Waals surface area (Å²) in [5.41, 5.74) is 1.73. The van der Waals surface area contributed by atoms with Gasteiger partial charge in [0, 0.05) is 19.3 Å². The molecule has 0 aliphatic rings. The summed E-state index contributed by atoms with van der Waals surface area (Å²) in [6.07, 6.45) is 1.07. The molecule has 0 amide bonds. The van der Waals surface area contributed by atoms with E-state index >= 15 is 0 Å². The van der Waals surface area contributed by atoms with E-state index in [1.807, 2.05) is 31.3 Å². The smallest absolute Gasteiger partial charge is 0.205 e. The summed E-state index contributed by atoms with van der Waals surface area (Å²) in [4.78, 5) is 2.09. The number of aromatic nitrogens is 2. The van der Waals surface area contributed by atoms with Gasteiger partial charge in [0.25, 0.3) is 0 Å². The Kier molecular flexibility index (Phi) is 4.91. The Morgan fingerprint density at radius 2 is 2.05 bits per heavy atom. The summed E-state index contributed by atoms with van der Waals surface area (Å²) >= 11 is 1.58. The van der Waals surface area contributed by atoms with Crippen molar-refractivity contribution in [3.8, 4) is 6.07 Å². The first-order valence-electron chi connectivity index (χ1n) is 6.50. The molecule has 0 bridgehead atoms. The van der Waals surface area contributed by atoms with Crippen molar-refractivity contribution in [2.75, 3.05) is 23.8 Å². The van der Waals surface area contributed by atoms with Crippen LogP contribution in [0.4, 0.5) is 10.8 Å². The molecular weight excluding hydrogens is 270 g/mol. The van der Waals surface area contributed by atoms with E-state index in [2.05, 4.69) is 33.4 Å². The summed E-state index contributed by atoms with van der Waals surface area (Å²) in [6.45, 7) is 3.74. The van der Waals surface area contributed by atoms with Crippen LogP contribution in [0, 0.1) is 11.3 Å². The lowest BCUT2D eigenvalue weighted by Gasteiger charge is -2.17. The molecule has 0 radical (unpaired) electrons. The molecule has 0 saturated heterocycles. The maximum atomic E-state index is 8.79. The Morgan fingerprint density at radius 3 is 2.70 bits per heavy atom. The van der Waals surface area contributed by atoms with Crippen LogP contribution in [0.15, 0.2) is 24.3 Å². The Balaban J connectivity index is 1.98.